The van der Waals surface area contributed by atoms with Gasteiger partial charge in [0.05, 0.1) is 11.4 Å². The van der Waals surface area contributed by atoms with Gasteiger partial charge in [0.25, 0.3) is 0 Å². The van der Waals surface area contributed by atoms with Crippen LogP contribution in [0.15, 0.2) is 90.5 Å². The minimum Gasteiger partial charge on any atom is -0.273 e. The van der Waals surface area contributed by atoms with E-state index >= 15 is 0 Å². The van der Waals surface area contributed by atoms with Crippen molar-refractivity contribution in [3.63, 3.8) is 0 Å². The fraction of sp³-hybridized carbons (Fsp3) is 0.125. The van der Waals surface area contributed by atoms with Gasteiger partial charge in [-0.1, -0.05) is 72.3 Å². The Morgan fingerprint density at radius 3 is 2.04 bits per heavy atom. The summed E-state index contributed by atoms with van der Waals surface area (Å²) in [5.74, 6) is 0.0135. The molecule has 1 N–H and O–H groups in total. The number of anilines is 2. The van der Waals surface area contributed by atoms with Crippen LogP contribution in [0.5, 0.6) is 0 Å². The molecule has 3 aromatic carbocycles. The molecule has 3 aromatic rings. The molecule has 4 rings (SSSR count). The van der Waals surface area contributed by atoms with Crippen molar-refractivity contribution in [1.29, 1.82) is 0 Å². The van der Waals surface area contributed by atoms with Gasteiger partial charge in [-0.25, -0.2) is 0 Å². The Bertz CT molecular complexity index is 909. The third-order valence-corrected chi connectivity index (χ3v) is 4.77. The number of benzene rings is 3. The molecule has 27 heavy (non-hydrogen) atoms. The Morgan fingerprint density at radius 1 is 0.815 bits per heavy atom. The molecule has 134 valence electrons. The van der Waals surface area contributed by atoms with Crippen LogP contribution < -0.4 is 10.4 Å². The number of nitrogens with one attached hydrogen (secondary N) is 1. The maximum absolute atomic E-state index is 12.6. The minimum atomic E-state index is 0.0135. The lowest BCUT2D eigenvalue weighted by Gasteiger charge is -2.25. The number of hydrogen-bond donors (Lipinski definition) is 1. The van der Waals surface area contributed by atoms with Gasteiger partial charge in [0.2, 0.25) is 5.91 Å². The van der Waals surface area contributed by atoms with Crippen molar-refractivity contribution < 1.29 is 4.79 Å². The fourth-order valence-corrected chi connectivity index (χ4v) is 3.40. The summed E-state index contributed by atoms with van der Waals surface area (Å²) in [6.07, 6.45) is 4.41. The molecule has 1 aliphatic carbocycles. The summed E-state index contributed by atoms with van der Waals surface area (Å²) in [6, 6.07) is 28.2. The molecule has 0 spiro atoms. The summed E-state index contributed by atoms with van der Waals surface area (Å²) < 4.78 is 0. The van der Waals surface area contributed by atoms with Crippen molar-refractivity contribution in [1.82, 2.24) is 5.43 Å². The number of carbonyl (C=O) groups excluding carboxylic acids is 1. The number of para-hydroxylation sites is 2. The highest BCUT2D eigenvalue weighted by Gasteiger charge is 2.15. The number of fused-ring (bicyclic) bond motifs is 1. The van der Waals surface area contributed by atoms with Crippen LogP contribution >= 0.6 is 0 Å². The van der Waals surface area contributed by atoms with Crippen molar-refractivity contribution in [2.45, 2.75) is 19.3 Å². The minimum absolute atomic E-state index is 0.0135. The summed E-state index contributed by atoms with van der Waals surface area (Å²) in [7, 11) is 0. The fourth-order valence-electron chi connectivity index (χ4n) is 3.40. The molecule has 0 aliphatic heterocycles. The molecule has 0 aromatic heterocycles. The zero-order valence-electron chi connectivity index (χ0n) is 15.1. The monoisotopic (exact) mass is 354 g/mol. The second-order valence-corrected chi connectivity index (χ2v) is 6.72. The van der Waals surface area contributed by atoms with E-state index in [-0.39, 0.29) is 5.91 Å². The molecule has 0 atom stereocenters. The number of rotatable bonds is 6. The van der Waals surface area contributed by atoms with Crippen molar-refractivity contribution >= 4 is 23.4 Å². The highest BCUT2D eigenvalue weighted by atomic mass is 16.2. The lowest BCUT2D eigenvalue weighted by molar-refractivity contribution is -0.121. The van der Waals surface area contributed by atoms with Gasteiger partial charge in [0.1, 0.15) is 0 Å². The number of hydrazine groups is 1. The SMILES string of the molecule is O=C(CCC1=Cc2ccccc2C1)NN(c1ccccc1)c1ccccc1. The van der Waals surface area contributed by atoms with E-state index < -0.39 is 0 Å². The first-order valence-corrected chi connectivity index (χ1v) is 9.27. The van der Waals surface area contributed by atoms with Crippen molar-refractivity contribution in [3.05, 3.63) is 102 Å². The van der Waals surface area contributed by atoms with E-state index in [4.69, 9.17) is 0 Å². The second-order valence-electron chi connectivity index (χ2n) is 6.72. The van der Waals surface area contributed by atoms with Crippen molar-refractivity contribution in [3.8, 4) is 0 Å². The summed E-state index contributed by atoms with van der Waals surface area (Å²) >= 11 is 0. The molecule has 0 saturated carbocycles. The predicted octanol–water partition coefficient (Wildman–Crippen LogP) is 5.28. The van der Waals surface area contributed by atoms with E-state index in [9.17, 15) is 4.79 Å². The van der Waals surface area contributed by atoms with Crippen LogP contribution in [0.4, 0.5) is 11.4 Å². The van der Waals surface area contributed by atoms with Gasteiger partial charge >= 0.3 is 0 Å². The topological polar surface area (TPSA) is 32.3 Å². The van der Waals surface area contributed by atoms with Crippen LogP contribution in [-0.4, -0.2) is 5.91 Å². The summed E-state index contributed by atoms with van der Waals surface area (Å²) in [5, 5.41) is 1.85. The number of carbonyl (C=O) groups is 1. The van der Waals surface area contributed by atoms with Gasteiger partial charge in [-0.2, -0.15) is 0 Å². The largest absolute Gasteiger partial charge is 0.273 e. The van der Waals surface area contributed by atoms with Gasteiger partial charge in [0, 0.05) is 6.42 Å². The van der Waals surface area contributed by atoms with Gasteiger partial charge in [-0.15, -0.1) is 0 Å². The molecule has 0 heterocycles. The summed E-state index contributed by atoms with van der Waals surface area (Å²) in [4.78, 5) is 12.6. The Balaban J connectivity index is 1.42. The molecule has 1 aliphatic rings. The second kappa shape index (κ2) is 7.92. The standard InChI is InChI=1S/C24H22N2O/c27-24(16-15-19-17-20-9-7-8-10-21(20)18-19)25-26(22-11-3-1-4-12-22)23-13-5-2-6-14-23/h1-14,17H,15-16,18H2,(H,25,27). The molecule has 0 saturated heterocycles. The molecule has 0 fully saturated rings. The molecular weight excluding hydrogens is 332 g/mol. The highest BCUT2D eigenvalue weighted by Crippen LogP contribution is 2.27. The molecule has 0 radical (unpaired) electrons. The van der Waals surface area contributed by atoms with Crippen molar-refractivity contribution in [2.24, 2.45) is 0 Å². The van der Waals surface area contributed by atoms with Crippen LogP contribution in [0.25, 0.3) is 6.08 Å². The van der Waals surface area contributed by atoms with Crippen molar-refractivity contribution in [2.75, 3.05) is 5.01 Å². The Morgan fingerprint density at radius 2 is 1.41 bits per heavy atom. The average molecular weight is 354 g/mol. The van der Waals surface area contributed by atoms with E-state index in [0.717, 1.165) is 24.2 Å². The smallest absolute Gasteiger partial charge is 0.239 e. The number of amides is 1. The Hall–Kier alpha value is -3.33. The number of allylic oxidation sites excluding steroid dienone is 1. The average Bonchev–Trinajstić information content (AvgIpc) is 3.15. The normalized spacial score (nSPS) is 12.2. The molecule has 0 bridgehead atoms. The van der Waals surface area contributed by atoms with Crippen LogP contribution in [0, 0.1) is 0 Å². The number of nitrogens with zero attached hydrogens (tertiary/aromatic N) is 1. The first kappa shape index (κ1) is 17.1. The van der Waals surface area contributed by atoms with E-state index in [0.29, 0.717) is 6.42 Å². The summed E-state index contributed by atoms with van der Waals surface area (Å²) in [5.41, 5.74) is 8.88. The van der Waals surface area contributed by atoms with Crippen LogP contribution in [0.1, 0.15) is 24.0 Å². The van der Waals surface area contributed by atoms with Gasteiger partial charge < -0.3 is 0 Å². The quantitative estimate of drug-likeness (QED) is 0.611. The van der Waals surface area contributed by atoms with Crippen LogP contribution in [0.3, 0.4) is 0 Å². The molecule has 3 nitrogen and oxygen atoms in total. The maximum Gasteiger partial charge on any atom is 0.239 e. The lowest BCUT2D eigenvalue weighted by atomic mass is 10.1. The Kier molecular flexibility index (Phi) is 5.01. The maximum atomic E-state index is 12.6. The third-order valence-electron chi connectivity index (χ3n) is 4.77. The zero-order chi connectivity index (χ0) is 18.5. The van der Waals surface area contributed by atoms with Crippen LogP contribution in [-0.2, 0) is 11.2 Å². The van der Waals surface area contributed by atoms with E-state index in [1.54, 1.807) is 0 Å². The first-order chi connectivity index (χ1) is 13.3. The molecule has 1 amide bonds. The lowest BCUT2D eigenvalue weighted by Crippen LogP contribution is -2.38. The van der Waals surface area contributed by atoms with Gasteiger partial charge in [0.15, 0.2) is 0 Å². The first-order valence-electron chi connectivity index (χ1n) is 9.27. The molecule has 0 unspecified atom stereocenters. The van der Waals surface area contributed by atoms with E-state index in [1.807, 2.05) is 65.7 Å². The molecule has 3 heteroatoms. The third kappa shape index (κ3) is 4.09. The van der Waals surface area contributed by atoms with Gasteiger partial charge in [-0.05, 0) is 48.2 Å². The highest BCUT2D eigenvalue weighted by molar-refractivity contribution is 5.81. The predicted molar refractivity (Wildman–Crippen MR) is 111 cm³/mol. The molecular formula is C24H22N2O. The summed E-state index contributed by atoms with van der Waals surface area (Å²) in [6.45, 7) is 0. The zero-order valence-corrected chi connectivity index (χ0v) is 15.1. The Labute approximate surface area is 159 Å². The van der Waals surface area contributed by atoms with E-state index in [2.05, 4.69) is 35.8 Å². The van der Waals surface area contributed by atoms with Gasteiger partial charge in [-0.3, -0.25) is 15.2 Å². The number of hydrogen-bond acceptors (Lipinski definition) is 2. The van der Waals surface area contributed by atoms with Crippen LogP contribution in [0.2, 0.25) is 0 Å². The van der Waals surface area contributed by atoms with E-state index in [1.165, 1.54) is 16.7 Å².